The number of hydrogen-bond donors (Lipinski definition) is 1. The Balaban J connectivity index is 1.79. The van der Waals surface area contributed by atoms with Gasteiger partial charge in [0.15, 0.2) is 0 Å². The number of benzene rings is 2. The van der Waals surface area contributed by atoms with Crippen molar-refractivity contribution in [1.29, 1.82) is 0 Å². The van der Waals surface area contributed by atoms with Gasteiger partial charge in [0.25, 0.3) is 5.69 Å². The number of likely N-dealkylation sites (tertiary alicyclic amines) is 1. The third-order valence-electron chi connectivity index (χ3n) is 5.29. The van der Waals surface area contributed by atoms with Crippen LogP contribution >= 0.6 is 11.6 Å². The lowest BCUT2D eigenvalue weighted by atomic mass is 9.94. The first-order valence-electron chi connectivity index (χ1n) is 10.1. The van der Waals surface area contributed by atoms with E-state index in [4.69, 9.17) is 16.3 Å². The minimum atomic E-state index is -0.598. The van der Waals surface area contributed by atoms with Gasteiger partial charge < -0.3 is 10.1 Å². The molecule has 1 N–H and O–H groups in total. The molecule has 164 valence electrons. The van der Waals surface area contributed by atoms with Crippen molar-refractivity contribution >= 4 is 34.9 Å². The zero-order valence-corrected chi connectivity index (χ0v) is 17.9. The summed E-state index contributed by atoms with van der Waals surface area (Å²) in [4.78, 5) is 37.9. The molecule has 2 aromatic rings. The summed E-state index contributed by atoms with van der Waals surface area (Å²) < 4.78 is 5.13. The topological polar surface area (TPSA) is 102 Å². The quantitative estimate of drug-likeness (QED) is 0.389. The normalized spacial score (nSPS) is 15.8. The minimum Gasteiger partial charge on any atom is -0.466 e. The van der Waals surface area contributed by atoms with Crippen molar-refractivity contribution in [2.45, 2.75) is 25.8 Å². The van der Waals surface area contributed by atoms with Gasteiger partial charge in [0.2, 0.25) is 5.91 Å². The second kappa shape index (κ2) is 10.4. The second-order valence-electron chi connectivity index (χ2n) is 7.29. The summed E-state index contributed by atoms with van der Waals surface area (Å²) in [5.74, 6) is -0.677. The number of ether oxygens (including phenoxy) is 1. The Bertz CT molecular complexity index is 945. The van der Waals surface area contributed by atoms with Gasteiger partial charge in [-0.3, -0.25) is 24.6 Å². The molecular weight excluding hydrogens is 422 g/mol. The van der Waals surface area contributed by atoms with E-state index in [9.17, 15) is 19.7 Å². The molecular formula is C22H24ClN3O5. The van der Waals surface area contributed by atoms with E-state index < -0.39 is 11.0 Å². The number of halogens is 1. The molecule has 1 atom stereocenters. The van der Waals surface area contributed by atoms with Crippen LogP contribution in [-0.2, 0) is 14.3 Å². The molecule has 2 aromatic carbocycles. The Morgan fingerprint density at radius 1 is 1.23 bits per heavy atom. The van der Waals surface area contributed by atoms with Gasteiger partial charge in [-0.15, -0.1) is 0 Å². The van der Waals surface area contributed by atoms with Crippen molar-refractivity contribution in [1.82, 2.24) is 4.90 Å². The molecule has 1 aliphatic heterocycles. The third kappa shape index (κ3) is 5.59. The van der Waals surface area contributed by atoms with E-state index in [1.807, 2.05) is 35.2 Å². The van der Waals surface area contributed by atoms with Crippen LogP contribution in [0.4, 0.5) is 11.4 Å². The van der Waals surface area contributed by atoms with Crippen LogP contribution in [0.2, 0.25) is 5.02 Å². The molecule has 8 nitrogen and oxygen atoms in total. The van der Waals surface area contributed by atoms with Gasteiger partial charge in [-0.05, 0) is 37.5 Å². The van der Waals surface area contributed by atoms with E-state index in [1.165, 1.54) is 18.2 Å². The summed E-state index contributed by atoms with van der Waals surface area (Å²) in [6.07, 6.45) is 1.20. The molecule has 1 saturated heterocycles. The molecule has 1 aliphatic rings. The molecule has 1 unspecified atom stereocenters. The van der Waals surface area contributed by atoms with Crippen molar-refractivity contribution in [2.24, 2.45) is 5.92 Å². The van der Waals surface area contributed by atoms with E-state index in [1.54, 1.807) is 6.92 Å². The monoisotopic (exact) mass is 445 g/mol. The predicted octanol–water partition coefficient (Wildman–Crippen LogP) is 4.20. The fourth-order valence-electron chi connectivity index (χ4n) is 3.76. The minimum absolute atomic E-state index is 0.00338. The number of rotatable bonds is 7. The summed E-state index contributed by atoms with van der Waals surface area (Å²) in [5.41, 5.74) is 0.826. The van der Waals surface area contributed by atoms with Crippen molar-refractivity contribution in [3.05, 3.63) is 69.2 Å². The highest BCUT2D eigenvalue weighted by Gasteiger charge is 2.33. The first kappa shape index (κ1) is 22.7. The number of esters is 1. The van der Waals surface area contributed by atoms with E-state index >= 15 is 0 Å². The van der Waals surface area contributed by atoms with Crippen molar-refractivity contribution < 1.29 is 19.2 Å². The molecule has 0 aliphatic carbocycles. The van der Waals surface area contributed by atoms with E-state index in [-0.39, 0.29) is 28.5 Å². The van der Waals surface area contributed by atoms with E-state index in [0.717, 1.165) is 5.56 Å². The highest BCUT2D eigenvalue weighted by atomic mass is 35.5. The molecule has 0 spiro atoms. The lowest BCUT2D eigenvalue weighted by Crippen LogP contribution is -2.43. The number of carbonyl (C=O) groups excluding carboxylic acids is 2. The fourth-order valence-corrected chi connectivity index (χ4v) is 3.94. The molecule has 3 rings (SSSR count). The fraction of sp³-hybridized carbons (Fsp3) is 0.364. The van der Waals surface area contributed by atoms with Crippen molar-refractivity contribution in [3.63, 3.8) is 0 Å². The van der Waals surface area contributed by atoms with Gasteiger partial charge in [0.1, 0.15) is 11.1 Å². The number of nitrogens with one attached hydrogen (secondary N) is 1. The van der Waals surface area contributed by atoms with Crippen molar-refractivity contribution in [2.75, 3.05) is 25.0 Å². The summed E-state index contributed by atoms with van der Waals surface area (Å²) in [6.45, 7) is 3.24. The van der Waals surface area contributed by atoms with Crippen molar-refractivity contribution in [3.8, 4) is 0 Å². The summed E-state index contributed by atoms with van der Waals surface area (Å²) in [6, 6.07) is 12.9. The molecule has 1 heterocycles. The Hall–Kier alpha value is -2.97. The number of anilines is 1. The van der Waals surface area contributed by atoms with Gasteiger partial charge in [-0.25, -0.2) is 0 Å². The zero-order valence-electron chi connectivity index (χ0n) is 17.1. The molecule has 1 fully saturated rings. The van der Waals surface area contributed by atoms with Crippen LogP contribution in [0.25, 0.3) is 0 Å². The van der Waals surface area contributed by atoms with Gasteiger partial charge in [0, 0.05) is 24.8 Å². The number of nitro benzene ring substituents is 1. The highest BCUT2D eigenvalue weighted by molar-refractivity contribution is 6.32. The van der Waals surface area contributed by atoms with Crippen LogP contribution < -0.4 is 5.32 Å². The molecule has 0 radical (unpaired) electrons. The van der Waals surface area contributed by atoms with E-state index in [0.29, 0.717) is 38.2 Å². The molecule has 1 amide bonds. The van der Waals surface area contributed by atoms with Crippen LogP contribution in [0.15, 0.2) is 48.5 Å². The summed E-state index contributed by atoms with van der Waals surface area (Å²) in [7, 11) is 0. The maximum absolute atomic E-state index is 13.2. The lowest BCUT2D eigenvalue weighted by Gasteiger charge is -2.36. The van der Waals surface area contributed by atoms with E-state index in [2.05, 4.69) is 5.32 Å². The SMILES string of the molecule is CCOC(=O)C1CCN(C(C(=O)Nc2ccc(Cl)c([N+](=O)[O-])c2)c2ccccc2)CC1. The largest absolute Gasteiger partial charge is 0.466 e. The predicted molar refractivity (Wildman–Crippen MR) is 117 cm³/mol. The Labute approximate surface area is 185 Å². The maximum Gasteiger partial charge on any atom is 0.309 e. The van der Waals surface area contributed by atoms with Crippen LogP contribution in [0.1, 0.15) is 31.4 Å². The van der Waals surface area contributed by atoms with Gasteiger partial charge in [0.05, 0.1) is 17.4 Å². The highest BCUT2D eigenvalue weighted by Crippen LogP contribution is 2.31. The third-order valence-corrected chi connectivity index (χ3v) is 5.61. The average molecular weight is 446 g/mol. The number of piperidine rings is 1. The number of hydrogen-bond acceptors (Lipinski definition) is 6. The summed E-state index contributed by atoms with van der Waals surface area (Å²) in [5, 5.41) is 13.9. The standard InChI is InChI=1S/C22H24ClN3O5/c1-2-31-22(28)16-10-12-25(13-11-16)20(15-6-4-3-5-7-15)21(27)24-17-8-9-18(23)19(14-17)26(29)30/h3-9,14,16,20H,2,10-13H2,1H3,(H,24,27). The first-order chi connectivity index (χ1) is 14.9. The molecule has 0 saturated carbocycles. The molecule has 9 heteroatoms. The molecule has 31 heavy (non-hydrogen) atoms. The molecule has 0 aromatic heterocycles. The number of amides is 1. The number of nitro groups is 1. The van der Waals surface area contributed by atoms with Gasteiger partial charge in [-0.1, -0.05) is 41.9 Å². The number of nitrogens with zero attached hydrogens (tertiary/aromatic N) is 2. The van der Waals surface area contributed by atoms with Crippen LogP contribution in [-0.4, -0.2) is 41.4 Å². The van der Waals surface area contributed by atoms with Crippen LogP contribution in [0, 0.1) is 16.0 Å². The smallest absolute Gasteiger partial charge is 0.309 e. The maximum atomic E-state index is 13.2. The van der Waals surface area contributed by atoms with Gasteiger partial charge >= 0.3 is 5.97 Å². The van der Waals surface area contributed by atoms with Crippen LogP contribution in [0.3, 0.4) is 0 Å². The Morgan fingerprint density at radius 2 is 1.90 bits per heavy atom. The zero-order chi connectivity index (χ0) is 22.4. The Kier molecular flexibility index (Phi) is 7.59. The second-order valence-corrected chi connectivity index (χ2v) is 7.70. The van der Waals surface area contributed by atoms with Crippen LogP contribution in [0.5, 0.6) is 0 Å². The average Bonchev–Trinajstić information content (AvgIpc) is 2.76. The van der Waals surface area contributed by atoms with Gasteiger partial charge in [-0.2, -0.15) is 0 Å². The lowest BCUT2D eigenvalue weighted by molar-refractivity contribution is -0.384. The summed E-state index contributed by atoms with van der Waals surface area (Å²) >= 11 is 5.87. The molecule has 0 bridgehead atoms. The number of carbonyl (C=O) groups is 2. The Morgan fingerprint density at radius 3 is 2.52 bits per heavy atom. The first-order valence-corrected chi connectivity index (χ1v) is 10.5.